The highest BCUT2D eigenvalue weighted by Crippen LogP contribution is 2.32. The Kier molecular flexibility index (Phi) is 4.42. The Morgan fingerprint density at radius 3 is 2.86 bits per heavy atom. The van der Waals surface area contributed by atoms with Crippen LogP contribution in [-0.4, -0.2) is 12.9 Å². The van der Waals surface area contributed by atoms with Gasteiger partial charge in [-0.15, -0.1) is 0 Å². The van der Waals surface area contributed by atoms with Crippen LogP contribution in [0.4, 0.5) is 0 Å². The molecule has 1 aromatic rings. The fourth-order valence-corrected chi connectivity index (χ4v) is 1.78. The number of hydrogen-bond donors (Lipinski definition) is 0. The topological polar surface area (TPSA) is 26.3 Å². The molecule has 0 heterocycles. The number of carbonyl (C=O) groups is 1. The zero-order valence-electron chi connectivity index (χ0n) is 7.72. The second-order valence-electron chi connectivity index (χ2n) is 2.74. The number of ether oxygens (including phenoxy) is 1. The van der Waals surface area contributed by atoms with Gasteiger partial charge in [-0.2, -0.15) is 0 Å². The van der Waals surface area contributed by atoms with Crippen molar-refractivity contribution in [1.29, 1.82) is 0 Å². The number of carbonyl (C=O) groups excluding carboxylic acids is 1. The predicted octanol–water partition coefficient (Wildman–Crippen LogP) is 3.70. The molecule has 0 saturated heterocycles. The maximum atomic E-state index is 10.7. The van der Waals surface area contributed by atoms with Gasteiger partial charge in [-0.1, -0.05) is 18.5 Å². The van der Waals surface area contributed by atoms with Crippen LogP contribution < -0.4 is 4.74 Å². The lowest BCUT2D eigenvalue weighted by Gasteiger charge is -2.08. The summed E-state index contributed by atoms with van der Waals surface area (Å²) in [5.41, 5.74) is 0.431. The lowest BCUT2D eigenvalue weighted by Crippen LogP contribution is -1.97. The molecule has 1 rings (SSSR count). The van der Waals surface area contributed by atoms with E-state index >= 15 is 0 Å². The summed E-state index contributed by atoms with van der Waals surface area (Å²) in [4.78, 5) is 10.7. The standard InChI is InChI=1S/C10H10BrClO2/c1-2-5-14-9-4-3-8(11)7(6-13)10(9)12/h3-4,6H,2,5H2,1H3. The zero-order valence-corrected chi connectivity index (χ0v) is 10.1. The lowest BCUT2D eigenvalue weighted by atomic mass is 10.2. The number of hydrogen-bond acceptors (Lipinski definition) is 2. The van der Waals surface area contributed by atoms with E-state index < -0.39 is 0 Å². The number of benzene rings is 1. The van der Waals surface area contributed by atoms with Crippen molar-refractivity contribution >= 4 is 33.8 Å². The molecule has 0 aromatic heterocycles. The second kappa shape index (κ2) is 5.37. The first-order chi connectivity index (χ1) is 6.70. The molecule has 0 aliphatic heterocycles. The fourth-order valence-electron chi connectivity index (χ4n) is 0.981. The molecule has 0 aliphatic rings. The molecule has 76 valence electrons. The molecule has 0 N–H and O–H groups in total. The molecule has 0 radical (unpaired) electrons. The van der Waals surface area contributed by atoms with Crippen LogP contribution in [0, 0.1) is 0 Å². The summed E-state index contributed by atoms with van der Waals surface area (Å²) in [6.45, 7) is 2.60. The Hall–Kier alpha value is -0.540. The Labute approximate surface area is 96.3 Å². The average molecular weight is 278 g/mol. The third-order valence-corrected chi connectivity index (χ3v) is 2.75. The van der Waals surface area contributed by atoms with Crippen molar-refractivity contribution in [3.05, 3.63) is 27.2 Å². The Balaban J connectivity index is 3.02. The molecule has 0 atom stereocenters. The molecule has 1 aromatic carbocycles. The van der Waals surface area contributed by atoms with E-state index in [1.54, 1.807) is 12.1 Å². The molecule has 0 unspecified atom stereocenters. The Morgan fingerprint density at radius 2 is 2.29 bits per heavy atom. The first-order valence-corrected chi connectivity index (χ1v) is 5.43. The van der Waals surface area contributed by atoms with Crippen LogP contribution in [0.15, 0.2) is 16.6 Å². The molecule has 0 aliphatic carbocycles. The van der Waals surface area contributed by atoms with Gasteiger partial charge in [-0.05, 0) is 34.5 Å². The van der Waals surface area contributed by atoms with E-state index in [1.165, 1.54) is 0 Å². The summed E-state index contributed by atoms with van der Waals surface area (Å²) in [5, 5.41) is 0.364. The van der Waals surface area contributed by atoms with Crippen LogP contribution in [0.5, 0.6) is 5.75 Å². The van der Waals surface area contributed by atoms with Gasteiger partial charge < -0.3 is 4.74 Å². The summed E-state index contributed by atoms with van der Waals surface area (Å²) in [5.74, 6) is 0.554. The molecule has 0 spiro atoms. The SMILES string of the molecule is CCCOc1ccc(Br)c(C=O)c1Cl. The molecular weight excluding hydrogens is 267 g/mol. The van der Waals surface area contributed by atoms with E-state index in [-0.39, 0.29) is 0 Å². The van der Waals surface area contributed by atoms with E-state index in [4.69, 9.17) is 16.3 Å². The van der Waals surface area contributed by atoms with Crippen molar-refractivity contribution in [3.8, 4) is 5.75 Å². The normalized spacial score (nSPS) is 9.93. The van der Waals surface area contributed by atoms with Crippen molar-refractivity contribution in [2.75, 3.05) is 6.61 Å². The van der Waals surface area contributed by atoms with Gasteiger partial charge in [0.1, 0.15) is 5.75 Å². The quantitative estimate of drug-likeness (QED) is 0.784. The summed E-state index contributed by atoms with van der Waals surface area (Å²) < 4.78 is 6.05. The molecule has 2 nitrogen and oxygen atoms in total. The highest BCUT2D eigenvalue weighted by Gasteiger charge is 2.10. The van der Waals surface area contributed by atoms with E-state index in [0.717, 1.165) is 6.42 Å². The van der Waals surface area contributed by atoms with E-state index in [0.29, 0.717) is 33.7 Å². The third-order valence-electron chi connectivity index (χ3n) is 1.67. The number of halogens is 2. The van der Waals surface area contributed by atoms with E-state index in [2.05, 4.69) is 15.9 Å². The van der Waals surface area contributed by atoms with Crippen molar-refractivity contribution in [3.63, 3.8) is 0 Å². The van der Waals surface area contributed by atoms with Crippen molar-refractivity contribution in [2.45, 2.75) is 13.3 Å². The summed E-state index contributed by atoms with van der Waals surface area (Å²) in [6.07, 6.45) is 1.62. The van der Waals surface area contributed by atoms with Gasteiger partial charge in [0.15, 0.2) is 6.29 Å². The fraction of sp³-hybridized carbons (Fsp3) is 0.300. The number of rotatable bonds is 4. The molecule has 0 amide bonds. The molecular formula is C10H10BrClO2. The van der Waals surface area contributed by atoms with Gasteiger partial charge in [-0.25, -0.2) is 0 Å². The molecule has 0 fully saturated rings. The van der Waals surface area contributed by atoms with E-state index in [1.807, 2.05) is 6.92 Å². The average Bonchev–Trinajstić information content (AvgIpc) is 2.18. The highest BCUT2D eigenvalue weighted by molar-refractivity contribution is 9.10. The number of aldehydes is 1. The van der Waals surface area contributed by atoms with Crippen molar-refractivity contribution in [1.82, 2.24) is 0 Å². The predicted molar refractivity (Wildman–Crippen MR) is 60.3 cm³/mol. The van der Waals surface area contributed by atoms with Gasteiger partial charge in [0, 0.05) is 4.47 Å². The highest BCUT2D eigenvalue weighted by atomic mass is 79.9. The first-order valence-electron chi connectivity index (χ1n) is 4.26. The minimum Gasteiger partial charge on any atom is -0.492 e. The van der Waals surface area contributed by atoms with Gasteiger partial charge in [0.05, 0.1) is 17.2 Å². The molecule has 0 saturated carbocycles. The smallest absolute Gasteiger partial charge is 0.152 e. The van der Waals surface area contributed by atoms with Gasteiger partial charge in [0.25, 0.3) is 0 Å². The molecule has 4 heteroatoms. The van der Waals surface area contributed by atoms with Gasteiger partial charge in [0.2, 0.25) is 0 Å². The zero-order chi connectivity index (χ0) is 10.6. The van der Waals surface area contributed by atoms with Crippen LogP contribution >= 0.6 is 27.5 Å². The van der Waals surface area contributed by atoms with E-state index in [9.17, 15) is 4.79 Å². The van der Waals surface area contributed by atoms with Crippen LogP contribution in [0.25, 0.3) is 0 Å². The summed E-state index contributed by atoms with van der Waals surface area (Å²) in [6, 6.07) is 3.50. The molecule has 0 bridgehead atoms. The van der Waals surface area contributed by atoms with Crippen LogP contribution in [0.3, 0.4) is 0 Å². The minimum absolute atomic E-state index is 0.364. The first kappa shape index (κ1) is 11.5. The maximum Gasteiger partial charge on any atom is 0.152 e. The Morgan fingerprint density at radius 1 is 1.57 bits per heavy atom. The third kappa shape index (κ3) is 2.49. The second-order valence-corrected chi connectivity index (χ2v) is 3.97. The summed E-state index contributed by atoms with van der Waals surface area (Å²) >= 11 is 9.20. The lowest BCUT2D eigenvalue weighted by molar-refractivity contribution is 0.112. The van der Waals surface area contributed by atoms with Gasteiger partial charge in [-0.3, -0.25) is 4.79 Å². The largest absolute Gasteiger partial charge is 0.492 e. The van der Waals surface area contributed by atoms with Crippen molar-refractivity contribution < 1.29 is 9.53 Å². The van der Waals surface area contributed by atoms with Gasteiger partial charge >= 0.3 is 0 Å². The molecule has 14 heavy (non-hydrogen) atoms. The minimum atomic E-state index is 0.364. The van der Waals surface area contributed by atoms with Crippen LogP contribution in [0.2, 0.25) is 5.02 Å². The maximum absolute atomic E-state index is 10.7. The Bertz CT molecular complexity index is 339. The van der Waals surface area contributed by atoms with Crippen molar-refractivity contribution in [2.24, 2.45) is 0 Å². The van der Waals surface area contributed by atoms with Crippen LogP contribution in [0.1, 0.15) is 23.7 Å². The monoisotopic (exact) mass is 276 g/mol. The van der Waals surface area contributed by atoms with Crippen LogP contribution in [-0.2, 0) is 0 Å². The summed E-state index contributed by atoms with van der Waals surface area (Å²) in [7, 11) is 0.